The Hall–Kier alpha value is -2.19. The zero-order valence-electron chi connectivity index (χ0n) is 22.6. The monoisotopic (exact) mass is 684 g/mol. The van der Waals surface area contributed by atoms with Gasteiger partial charge in [-0.1, -0.05) is 31.4 Å². The summed E-state index contributed by atoms with van der Waals surface area (Å²) >= 11 is 2.26. The number of aliphatic hydroxyl groups excluding tert-OH is 1. The molecular weight excluding hydrogens is 647 g/mol. The van der Waals surface area contributed by atoms with Crippen molar-refractivity contribution < 1.29 is 32.5 Å². The molecule has 1 amide bonds. The number of benzene rings is 2. The lowest BCUT2D eigenvalue weighted by Gasteiger charge is -2.31. The van der Waals surface area contributed by atoms with Crippen molar-refractivity contribution in [1.29, 1.82) is 0 Å². The molecule has 2 atom stereocenters. The molecule has 40 heavy (non-hydrogen) atoms. The molecule has 4 rings (SSSR count). The first-order valence-electron chi connectivity index (χ1n) is 13.6. The van der Waals surface area contributed by atoms with Crippen molar-refractivity contribution in [3.05, 3.63) is 69.5 Å². The second kappa shape index (κ2) is 14.6. The molecule has 0 unspecified atom stereocenters. The van der Waals surface area contributed by atoms with Crippen LogP contribution in [0.15, 0.2) is 65.3 Å². The van der Waals surface area contributed by atoms with Crippen LogP contribution < -0.4 is 10.1 Å². The zero-order valence-corrected chi connectivity index (χ0v) is 25.6. The number of methoxy groups -OCH3 is 1. The summed E-state index contributed by atoms with van der Waals surface area (Å²) in [4.78, 5) is 13.3. The van der Waals surface area contributed by atoms with Crippen molar-refractivity contribution in [2.75, 3.05) is 33.4 Å². The van der Waals surface area contributed by atoms with Gasteiger partial charge in [0, 0.05) is 35.0 Å². The van der Waals surface area contributed by atoms with Crippen LogP contribution in [0.4, 0.5) is 0 Å². The second-order valence-electron chi connectivity index (χ2n) is 9.95. The molecule has 0 radical (unpaired) electrons. The second-order valence-corrected chi connectivity index (χ2v) is 13.1. The van der Waals surface area contributed by atoms with Gasteiger partial charge < -0.3 is 24.6 Å². The maximum absolute atomic E-state index is 13.2. The fraction of sp³-hybridized carbons (Fsp3) is 0.483. The predicted molar refractivity (Wildman–Crippen MR) is 159 cm³/mol. The molecule has 2 aromatic rings. The van der Waals surface area contributed by atoms with Crippen LogP contribution in [0.5, 0.6) is 5.75 Å². The van der Waals surface area contributed by atoms with Crippen LogP contribution >= 0.6 is 22.6 Å². The first-order chi connectivity index (χ1) is 19.3. The molecule has 0 spiro atoms. The van der Waals surface area contributed by atoms with Gasteiger partial charge in [0.15, 0.2) is 5.76 Å². The Balaban J connectivity index is 1.44. The maximum atomic E-state index is 13.2. The van der Waals surface area contributed by atoms with E-state index in [1.165, 1.54) is 30.0 Å². The summed E-state index contributed by atoms with van der Waals surface area (Å²) in [5.74, 6) is 0.423. The van der Waals surface area contributed by atoms with Crippen LogP contribution in [0.25, 0.3) is 0 Å². The van der Waals surface area contributed by atoms with E-state index < -0.39 is 16.3 Å². The number of amides is 1. The van der Waals surface area contributed by atoms with Crippen molar-refractivity contribution >= 4 is 38.5 Å². The average Bonchev–Trinajstić information content (AvgIpc) is 2.97. The topological polar surface area (TPSA) is 114 Å². The number of nitrogens with one attached hydrogen (secondary N) is 1. The molecule has 1 aliphatic carbocycles. The van der Waals surface area contributed by atoms with Gasteiger partial charge in [-0.2, -0.15) is 4.31 Å². The number of carbonyl (C=O) groups excluding carboxylic acids is 1. The summed E-state index contributed by atoms with van der Waals surface area (Å²) in [7, 11) is -2.36. The predicted octanol–water partition coefficient (Wildman–Crippen LogP) is 4.16. The lowest BCUT2D eigenvalue weighted by atomic mass is 9.92. The third-order valence-electron chi connectivity index (χ3n) is 7.21. The molecular formula is C29H37IN2O7S. The molecule has 2 aromatic carbocycles. The van der Waals surface area contributed by atoms with Crippen LogP contribution in [-0.4, -0.2) is 69.5 Å². The Morgan fingerprint density at radius 3 is 2.42 bits per heavy atom. The van der Waals surface area contributed by atoms with Gasteiger partial charge in [-0.15, -0.1) is 0 Å². The first kappa shape index (κ1) is 30.8. The molecule has 0 saturated heterocycles. The van der Waals surface area contributed by atoms with E-state index >= 15 is 0 Å². The number of carbonyl (C=O) groups is 1. The van der Waals surface area contributed by atoms with Gasteiger partial charge in [0.05, 0.1) is 25.2 Å². The minimum absolute atomic E-state index is 0.0102. The number of halogens is 1. The van der Waals surface area contributed by atoms with E-state index in [1.54, 1.807) is 12.1 Å². The molecule has 11 heteroatoms. The van der Waals surface area contributed by atoms with Crippen LogP contribution in [0.3, 0.4) is 0 Å². The minimum Gasteiger partial charge on any atom is -0.497 e. The van der Waals surface area contributed by atoms with Gasteiger partial charge in [-0.05, 0) is 83.5 Å². The smallest absolute Gasteiger partial charge is 0.286 e. The third-order valence-corrected chi connectivity index (χ3v) is 9.84. The van der Waals surface area contributed by atoms with Gasteiger partial charge in [0.2, 0.25) is 16.3 Å². The van der Waals surface area contributed by atoms with Crippen LogP contribution in [-0.2, 0) is 24.3 Å². The molecule has 1 saturated carbocycles. The molecule has 2 N–H and O–H groups in total. The molecule has 218 valence electrons. The Kier molecular flexibility index (Phi) is 11.2. The Morgan fingerprint density at radius 2 is 1.77 bits per heavy atom. The van der Waals surface area contributed by atoms with E-state index in [0.29, 0.717) is 12.2 Å². The number of allylic oxidation sites excluding steroid dienone is 1. The van der Waals surface area contributed by atoms with Gasteiger partial charge in [0.1, 0.15) is 5.75 Å². The fourth-order valence-corrected chi connectivity index (χ4v) is 6.79. The highest BCUT2D eigenvalue weighted by Crippen LogP contribution is 2.32. The molecule has 0 aromatic heterocycles. The molecule has 1 aliphatic heterocycles. The number of hydrogen-bond acceptors (Lipinski definition) is 7. The fourth-order valence-electron chi connectivity index (χ4n) is 5.01. The molecule has 1 fully saturated rings. The highest BCUT2D eigenvalue weighted by Gasteiger charge is 2.31. The van der Waals surface area contributed by atoms with E-state index in [4.69, 9.17) is 14.2 Å². The lowest BCUT2D eigenvalue weighted by Crippen LogP contribution is -2.40. The largest absolute Gasteiger partial charge is 0.497 e. The third kappa shape index (κ3) is 8.19. The number of rotatable bonds is 12. The van der Waals surface area contributed by atoms with Crippen molar-refractivity contribution in [2.45, 2.75) is 61.7 Å². The zero-order chi connectivity index (χ0) is 28.5. The molecule has 1 heterocycles. The quantitative estimate of drug-likeness (QED) is 0.323. The highest BCUT2D eigenvalue weighted by molar-refractivity contribution is 14.1. The van der Waals surface area contributed by atoms with E-state index in [0.717, 1.165) is 34.8 Å². The average molecular weight is 685 g/mol. The number of sulfonamides is 1. The molecule has 9 nitrogen and oxygen atoms in total. The summed E-state index contributed by atoms with van der Waals surface area (Å²) in [6.07, 6.45) is 6.92. The summed E-state index contributed by atoms with van der Waals surface area (Å²) in [6, 6.07) is 14.3. The van der Waals surface area contributed by atoms with E-state index in [1.807, 2.05) is 30.3 Å². The highest BCUT2D eigenvalue weighted by atomic mass is 127. The van der Waals surface area contributed by atoms with Gasteiger partial charge in [0.25, 0.3) is 5.91 Å². The van der Waals surface area contributed by atoms with Crippen molar-refractivity contribution in [3.63, 3.8) is 0 Å². The van der Waals surface area contributed by atoms with E-state index in [-0.39, 0.29) is 54.8 Å². The lowest BCUT2D eigenvalue weighted by molar-refractivity contribution is -0.147. The molecule has 2 aliphatic rings. The number of hydrogen-bond donors (Lipinski definition) is 2. The summed E-state index contributed by atoms with van der Waals surface area (Å²) in [6.45, 7) is -0.380. The van der Waals surface area contributed by atoms with E-state index in [2.05, 4.69) is 27.9 Å². The minimum atomic E-state index is -3.87. The van der Waals surface area contributed by atoms with Gasteiger partial charge in [-0.25, -0.2) is 8.42 Å². The summed E-state index contributed by atoms with van der Waals surface area (Å²) < 4.78 is 45.9. The Bertz CT molecular complexity index is 1250. The normalized spacial score (nSPS) is 20.1. The van der Waals surface area contributed by atoms with Gasteiger partial charge in [-0.3, -0.25) is 4.79 Å². The molecule has 0 bridgehead atoms. The number of nitrogens with zero attached hydrogens (tertiary/aromatic N) is 1. The standard InChI is InChI=1S/C29H37IN2O7S/c1-37-25-11-13-26(14-12-25)40(35,36)32(15-17-33)16-18-38-28-20-22(21-7-9-23(30)10-8-21)19-27(39-28)29(34)31-24-5-3-2-4-6-24/h7-14,19,22,24,28,33H,2-6,15-18,20H2,1H3,(H,31,34)/t22-,28+/m1/s1. The SMILES string of the molecule is COc1ccc(S(=O)(=O)N(CCO)CCO[C@@H]2C[C@H](c3ccc(I)cc3)C=C(C(=O)NC3CCCCC3)O2)cc1. The number of ether oxygens (including phenoxy) is 3. The van der Waals surface area contributed by atoms with Crippen molar-refractivity contribution in [2.24, 2.45) is 0 Å². The summed E-state index contributed by atoms with van der Waals surface area (Å²) in [5, 5.41) is 12.7. The van der Waals surface area contributed by atoms with E-state index in [9.17, 15) is 18.3 Å². The van der Waals surface area contributed by atoms with Gasteiger partial charge >= 0.3 is 0 Å². The first-order valence-corrected chi connectivity index (χ1v) is 16.1. The maximum Gasteiger partial charge on any atom is 0.286 e. The van der Waals surface area contributed by atoms with Crippen LogP contribution in [0.2, 0.25) is 0 Å². The summed E-state index contributed by atoms with van der Waals surface area (Å²) in [5.41, 5.74) is 1.05. The van der Waals surface area contributed by atoms with Crippen LogP contribution in [0, 0.1) is 3.57 Å². The number of aliphatic hydroxyl groups is 1. The Morgan fingerprint density at radius 1 is 1.07 bits per heavy atom. The van der Waals surface area contributed by atoms with Crippen molar-refractivity contribution in [3.8, 4) is 5.75 Å². The van der Waals surface area contributed by atoms with Crippen molar-refractivity contribution in [1.82, 2.24) is 9.62 Å². The van der Waals surface area contributed by atoms with Crippen LogP contribution in [0.1, 0.15) is 50.0 Å². The Labute approximate surface area is 250 Å².